The Hall–Kier alpha value is -1.72. The smallest absolute Gasteiger partial charge is 0.252 e. The van der Waals surface area contributed by atoms with Crippen molar-refractivity contribution in [3.05, 3.63) is 64.4 Å². The fourth-order valence-electron chi connectivity index (χ4n) is 2.02. The predicted molar refractivity (Wildman–Crippen MR) is 84.9 cm³/mol. The molecule has 0 aliphatic carbocycles. The molecule has 1 heterocycles. The Kier molecular flexibility index (Phi) is 5.09. The minimum Gasteiger partial charge on any atom is -0.383 e. The number of benzene rings is 1. The first kappa shape index (κ1) is 15.7. The third-order valence-corrected chi connectivity index (χ3v) is 3.96. The molecule has 0 fully saturated rings. The summed E-state index contributed by atoms with van der Waals surface area (Å²) < 4.78 is 0.948. The van der Waals surface area contributed by atoms with Crippen molar-refractivity contribution in [2.75, 3.05) is 6.54 Å². The molecule has 0 unspecified atom stereocenters. The highest BCUT2D eigenvalue weighted by Crippen LogP contribution is 2.25. The molecule has 2 rings (SSSR count). The molecule has 0 aliphatic rings. The van der Waals surface area contributed by atoms with Crippen LogP contribution < -0.4 is 5.32 Å². The lowest BCUT2D eigenvalue weighted by molar-refractivity contribution is 0.0314. The van der Waals surface area contributed by atoms with Gasteiger partial charge in [0, 0.05) is 16.9 Å². The topological polar surface area (TPSA) is 62.2 Å². The lowest BCUT2D eigenvalue weighted by atomic mass is 9.91. The molecule has 1 amide bonds. The highest BCUT2D eigenvalue weighted by molar-refractivity contribution is 9.10. The molecule has 5 heteroatoms. The van der Waals surface area contributed by atoms with Gasteiger partial charge in [0.05, 0.1) is 12.1 Å². The molecule has 0 bridgehead atoms. The van der Waals surface area contributed by atoms with Gasteiger partial charge in [-0.3, -0.25) is 9.78 Å². The largest absolute Gasteiger partial charge is 0.383 e. The molecule has 4 nitrogen and oxygen atoms in total. The van der Waals surface area contributed by atoms with Gasteiger partial charge in [-0.15, -0.1) is 0 Å². The SMILES string of the molecule is CC[C@@](O)(CNC(=O)c1cccnc1)c1ccc(Br)cc1. The average molecular weight is 349 g/mol. The number of hydrogen-bond acceptors (Lipinski definition) is 3. The zero-order chi connectivity index (χ0) is 15.3. The summed E-state index contributed by atoms with van der Waals surface area (Å²) in [6.45, 7) is 2.04. The molecule has 0 saturated heterocycles. The zero-order valence-electron chi connectivity index (χ0n) is 11.7. The average Bonchev–Trinajstić information content (AvgIpc) is 2.53. The van der Waals surface area contributed by atoms with Crippen molar-refractivity contribution in [1.29, 1.82) is 0 Å². The summed E-state index contributed by atoms with van der Waals surface area (Å²) in [5.41, 5.74) is 0.171. The van der Waals surface area contributed by atoms with Gasteiger partial charge in [0.1, 0.15) is 5.60 Å². The van der Waals surface area contributed by atoms with Gasteiger partial charge in [-0.05, 0) is 36.2 Å². The molecule has 0 aliphatic heterocycles. The van der Waals surface area contributed by atoms with E-state index < -0.39 is 5.60 Å². The summed E-state index contributed by atoms with van der Waals surface area (Å²) in [7, 11) is 0. The molecule has 0 saturated carbocycles. The van der Waals surface area contributed by atoms with E-state index in [2.05, 4.69) is 26.2 Å². The second-order valence-electron chi connectivity index (χ2n) is 4.82. The van der Waals surface area contributed by atoms with Crippen molar-refractivity contribution in [3.63, 3.8) is 0 Å². The van der Waals surface area contributed by atoms with Crippen molar-refractivity contribution in [3.8, 4) is 0 Å². The number of carbonyl (C=O) groups excluding carboxylic acids is 1. The van der Waals surface area contributed by atoms with Crippen LogP contribution in [-0.4, -0.2) is 22.5 Å². The van der Waals surface area contributed by atoms with Gasteiger partial charge >= 0.3 is 0 Å². The van der Waals surface area contributed by atoms with E-state index in [0.717, 1.165) is 10.0 Å². The Bertz CT molecular complexity index is 601. The number of hydrogen-bond donors (Lipinski definition) is 2. The third kappa shape index (κ3) is 3.89. The molecular formula is C16H17BrN2O2. The van der Waals surface area contributed by atoms with Crippen LogP contribution in [0.25, 0.3) is 0 Å². The molecule has 2 N–H and O–H groups in total. The van der Waals surface area contributed by atoms with Crippen molar-refractivity contribution in [2.24, 2.45) is 0 Å². The summed E-state index contributed by atoms with van der Waals surface area (Å²) in [4.78, 5) is 15.9. The maximum Gasteiger partial charge on any atom is 0.252 e. The first-order valence-electron chi connectivity index (χ1n) is 6.72. The number of carbonyl (C=O) groups is 1. The highest BCUT2D eigenvalue weighted by Gasteiger charge is 2.27. The Morgan fingerprint density at radius 2 is 2.05 bits per heavy atom. The quantitative estimate of drug-likeness (QED) is 0.873. The van der Waals surface area contributed by atoms with Gasteiger partial charge in [0.2, 0.25) is 0 Å². The van der Waals surface area contributed by atoms with Crippen LogP contribution in [0.15, 0.2) is 53.3 Å². The molecule has 110 valence electrons. The van der Waals surface area contributed by atoms with Crippen LogP contribution >= 0.6 is 15.9 Å². The number of halogens is 1. The summed E-state index contributed by atoms with van der Waals surface area (Å²) >= 11 is 3.37. The van der Waals surface area contributed by atoms with E-state index in [0.29, 0.717) is 12.0 Å². The predicted octanol–water partition coefficient (Wildman–Crippen LogP) is 2.87. The number of nitrogens with one attached hydrogen (secondary N) is 1. The molecule has 0 spiro atoms. The van der Waals surface area contributed by atoms with Crippen molar-refractivity contribution in [2.45, 2.75) is 18.9 Å². The summed E-state index contributed by atoms with van der Waals surface area (Å²) in [6.07, 6.45) is 3.61. The van der Waals surface area contributed by atoms with Gasteiger partial charge in [-0.25, -0.2) is 0 Å². The highest BCUT2D eigenvalue weighted by atomic mass is 79.9. The van der Waals surface area contributed by atoms with E-state index in [9.17, 15) is 9.90 Å². The fraction of sp³-hybridized carbons (Fsp3) is 0.250. The number of aliphatic hydroxyl groups is 1. The Labute approximate surface area is 132 Å². The lowest BCUT2D eigenvalue weighted by Crippen LogP contribution is -2.40. The molecule has 0 radical (unpaired) electrons. The second-order valence-corrected chi connectivity index (χ2v) is 5.73. The van der Waals surface area contributed by atoms with E-state index >= 15 is 0 Å². The monoisotopic (exact) mass is 348 g/mol. The maximum absolute atomic E-state index is 12.0. The van der Waals surface area contributed by atoms with Gasteiger partial charge in [-0.2, -0.15) is 0 Å². The van der Waals surface area contributed by atoms with Gasteiger partial charge in [-0.1, -0.05) is 35.0 Å². The van der Waals surface area contributed by atoms with Crippen molar-refractivity contribution in [1.82, 2.24) is 10.3 Å². The molecule has 1 atom stereocenters. The minimum atomic E-state index is -1.08. The third-order valence-electron chi connectivity index (χ3n) is 3.43. The van der Waals surface area contributed by atoms with E-state index in [1.54, 1.807) is 18.3 Å². The Balaban J connectivity index is 2.08. The summed E-state index contributed by atoms with van der Waals surface area (Å²) in [5.74, 6) is -0.243. The van der Waals surface area contributed by atoms with Crippen LogP contribution in [0.2, 0.25) is 0 Å². The van der Waals surface area contributed by atoms with E-state index in [4.69, 9.17) is 0 Å². The number of pyridine rings is 1. The molecule has 2 aromatic rings. The van der Waals surface area contributed by atoms with Gasteiger partial charge in [0.25, 0.3) is 5.91 Å². The van der Waals surface area contributed by atoms with Crippen molar-refractivity contribution >= 4 is 21.8 Å². The van der Waals surface area contributed by atoms with Crippen LogP contribution in [0.3, 0.4) is 0 Å². The summed E-state index contributed by atoms with van der Waals surface area (Å²) in [6, 6.07) is 10.8. The number of nitrogens with zero attached hydrogens (tertiary/aromatic N) is 1. The van der Waals surface area contributed by atoms with Crippen LogP contribution in [0.4, 0.5) is 0 Å². The van der Waals surface area contributed by atoms with Crippen molar-refractivity contribution < 1.29 is 9.90 Å². The van der Waals surface area contributed by atoms with Crippen LogP contribution in [-0.2, 0) is 5.60 Å². The summed E-state index contributed by atoms with van der Waals surface area (Å²) in [5, 5.41) is 13.5. The second kappa shape index (κ2) is 6.83. The fourth-order valence-corrected chi connectivity index (χ4v) is 2.28. The number of rotatable bonds is 5. The van der Waals surface area contributed by atoms with Crippen LogP contribution in [0.5, 0.6) is 0 Å². The molecule has 21 heavy (non-hydrogen) atoms. The molecule has 1 aromatic heterocycles. The molecule has 1 aromatic carbocycles. The van der Waals surface area contributed by atoms with E-state index in [1.807, 2.05) is 31.2 Å². The normalized spacial score (nSPS) is 13.5. The van der Waals surface area contributed by atoms with E-state index in [-0.39, 0.29) is 12.5 Å². The van der Waals surface area contributed by atoms with Crippen LogP contribution in [0, 0.1) is 0 Å². The zero-order valence-corrected chi connectivity index (χ0v) is 13.3. The Morgan fingerprint density at radius 3 is 2.62 bits per heavy atom. The molecular weight excluding hydrogens is 332 g/mol. The first-order chi connectivity index (χ1) is 10.0. The number of amides is 1. The lowest BCUT2D eigenvalue weighted by Gasteiger charge is -2.27. The van der Waals surface area contributed by atoms with E-state index in [1.165, 1.54) is 6.20 Å². The standard InChI is InChI=1S/C16H17BrN2O2/c1-2-16(21,13-5-7-14(17)8-6-13)11-19-15(20)12-4-3-9-18-10-12/h3-10,21H,2,11H2,1H3,(H,19,20)/t16-/m1/s1. The maximum atomic E-state index is 12.0. The van der Waals surface area contributed by atoms with Gasteiger partial charge < -0.3 is 10.4 Å². The first-order valence-corrected chi connectivity index (χ1v) is 7.51. The van der Waals surface area contributed by atoms with Gasteiger partial charge in [0.15, 0.2) is 0 Å². The Morgan fingerprint density at radius 1 is 1.33 bits per heavy atom. The minimum absolute atomic E-state index is 0.152. The van der Waals surface area contributed by atoms with Crippen LogP contribution in [0.1, 0.15) is 29.3 Å². The number of aromatic nitrogens is 1.